The minimum absolute atomic E-state index is 0.00495. The van der Waals surface area contributed by atoms with E-state index in [-0.39, 0.29) is 5.92 Å². The van der Waals surface area contributed by atoms with Crippen molar-refractivity contribution in [3.8, 4) is 22.3 Å². The summed E-state index contributed by atoms with van der Waals surface area (Å²) in [4.78, 5) is 10.7. The fraction of sp³-hybridized carbons (Fsp3) is 0.0698. The molecule has 3 nitrogen and oxygen atoms in total. The van der Waals surface area contributed by atoms with Crippen LogP contribution < -0.4 is 0 Å². The Kier molecular flexibility index (Phi) is 5.47. The van der Waals surface area contributed by atoms with E-state index in [2.05, 4.69) is 150 Å². The number of aliphatic imine (C=N–C) groups is 2. The fourth-order valence-corrected chi connectivity index (χ4v) is 7.68. The number of para-hydroxylation sites is 2. The Bertz CT molecular complexity index is 2520. The van der Waals surface area contributed by atoms with E-state index >= 15 is 0 Å². The molecule has 216 valence electrons. The molecule has 1 aliphatic carbocycles. The molecule has 0 fully saturated rings. The molecular formula is C43H29N3. The number of hydrogen-bond acceptors (Lipinski definition) is 2. The van der Waals surface area contributed by atoms with E-state index in [1.807, 2.05) is 0 Å². The molecule has 7 aromatic rings. The molecule has 0 spiro atoms. The zero-order valence-corrected chi connectivity index (χ0v) is 25.2. The summed E-state index contributed by atoms with van der Waals surface area (Å²) in [5.74, 6) is 1.04. The smallest absolute Gasteiger partial charge is 0.128 e. The monoisotopic (exact) mass is 587 g/mol. The van der Waals surface area contributed by atoms with Gasteiger partial charge in [-0.3, -0.25) is 9.56 Å². The van der Waals surface area contributed by atoms with Gasteiger partial charge in [0, 0.05) is 16.3 Å². The van der Waals surface area contributed by atoms with Crippen LogP contribution in [0.1, 0.15) is 24.3 Å². The Morgan fingerprint density at radius 3 is 2.15 bits per heavy atom. The van der Waals surface area contributed by atoms with Gasteiger partial charge in [-0.2, -0.15) is 0 Å². The average Bonchev–Trinajstić information content (AvgIpc) is 3.68. The molecule has 0 bridgehead atoms. The van der Waals surface area contributed by atoms with E-state index in [4.69, 9.17) is 9.98 Å². The number of allylic oxidation sites excluding steroid dienone is 3. The van der Waals surface area contributed by atoms with Crippen molar-refractivity contribution < 1.29 is 0 Å². The predicted octanol–water partition coefficient (Wildman–Crippen LogP) is 11.0. The summed E-state index contributed by atoms with van der Waals surface area (Å²) in [5.41, 5.74) is 13.0. The van der Waals surface area contributed by atoms with Gasteiger partial charge < -0.3 is 0 Å². The predicted molar refractivity (Wildman–Crippen MR) is 192 cm³/mol. The van der Waals surface area contributed by atoms with E-state index < -0.39 is 0 Å². The molecule has 0 radical (unpaired) electrons. The first-order valence-electron chi connectivity index (χ1n) is 16.1. The normalized spacial score (nSPS) is 16.8. The van der Waals surface area contributed by atoms with Crippen molar-refractivity contribution >= 4 is 49.8 Å². The van der Waals surface area contributed by atoms with E-state index in [0.29, 0.717) is 0 Å². The highest BCUT2D eigenvalue weighted by molar-refractivity contribution is 6.28. The number of fused-ring (bicyclic) bond motifs is 8. The third-order valence-corrected chi connectivity index (χ3v) is 9.91. The Labute approximate surface area is 267 Å². The first kappa shape index (κ1) is 25.5. The Morgan fingerprint density at radius 1 is 0.565 bits per heavy atom. The molecule has 46 heavy (non-hydrogen) atoms. The molecule has 0 amide bonds. The molecule has 3 aliphatic rings. The van der Waals surface area contributed by atoms with E-state index in [1.54, 1.807) is 0 Å². The summed E-state index contributed by atoms with van der Waals surface area (Å²) in [5, 5.41) is 5.00. The van der Waals surface area contributed by atoms with Crippen molar-refractivity contribution in [3.05, 3.63) is 162 Å². The molecule has 3 heteroatoms. The van der Waals surface area contributed by atoms with Gasteiger partial charge in [-0.1, -0.05) is 115 Å². The summed E-state index contributed by atoms with van der Waals surface area (Å²) < 4.78 is 2.41. The average molecular weight is 588 g/mol. The van der Waals surface area contributed by atoms with Crippen LogP contribution in [-0.4, -0.2) is 16.1 Å². The lowest BCUT2D eigenvalue weighted by Gasteiger charge is -2.28. The second kappa shape index (κ2) is 9.85. The number of rotatable bonds is 2. The van der Waals surface area contributed by atoms with Crippen LogP contribution >= 0.6 is 0 Å². The Hall–Kier alpha value is -5.80. The van der Waals surface area contributed by atoms with Crippen LogP contribution in [0, 0.1) is 0 Å². The molecule has 1 unspecified atom stereocenters. The van der Waals surface area contributed by atoms with Crippen molar-refractivity contribution in [1.82, 2.24) is 4.57 Å². The third kappa shape index (κ3) is 3.78. The zero-order chi connectivity index (χ0) is 30.2. The molecule has 0 saturated heterocycles. The zero-order valence-electron chi connectivity index (χ0n) is 25.2. The highest BCUT2D eigenvalue weighted by Gasteiger charge is 2.39. The van der Waals surface area contributed by atoms with Crippen molar-refractivity contribution in [3.63, 3.8) is 0 Å². The van der Waals surface area contributed by atoms with Gasteiger partial charge in [0.25, 0.3) is 0 Å². The van der Waals surface area contributed by atoms with Crippen molar-refractivity contribution in [1.29, 1.82) is 0 Å². The van der Waals surface area contributed by atoms with Gasteiger partial charge in [-0.25, -0.2) is 4.99 Å². The van der Waals surface area contributed by atoms with Crippen molar-refractivity contribution in [2.75, 3.05) is 0 Å². The van der Waals surface area contributed by atoms with Gasteiger partial charge in [0.1, 0.15) is 5.84 Å². The van der Waals surface area contributed by atoms with Gasteiger partial charge in [-0.05, 0) is 81.8 Å². The molecule has 1 aromatic heterocycles. The second-order valence-corrected chi connectivity index (χ2v) is 12.5. The van der Waals surface area contributed by atoms with Crippen LogP contribution in [0.2, 0.25) is 0 Å². The van der Waals surface area contributed by atoms with Crippen molar-refractivity contribution in [2.45, 2.75) is 18.8 Å². The van der Waals surface area contributed by atoms with Crippen LogP contribution in [0.25, 0.3) is 54.8 Å². The molecule has 10 rings (SSSR count). The van der Waals surface area contributed by atoms with Crippen LogP contribution in [0.15, 0.2) is 167 Å². The lowest BCUT2D eigenvalue weighted by molar-refractivity contribution is 0.943. The maximum atomic E-state index is 5.45. The minimum atomic E-state index is 0.00495. The largest absolute Gasteiger partial charge is 0.296 e. The third-order valence-electron chi connectivity index (χ3n) is 9.91. The van der Waals surface area contributed by atoms with Crippen LogP contribution in [0.5, 0.6) is 0 Å². The summed E-state index contributed by atoms with van der Waals surface area (Å²) >= 11 is 0. The summed E-state index contributed by atoms with van der Waals surface area (Å²) in [6, 6.07) is 48.4. The topological polar surface area (TPSA) is 29.6 Å². The number of aromatic nitrogens is 1. The fourth-order valence-electron chi connectivity index (χ4n) is 7.68. The van der Waals surface area contributed by atoms with Crippen molar-refractivity contribution in [2.24, 2.45) is 9.98 Å². The molecule has 1 atom stereocenters. The highest BCUT2D eigenvalue weighted by atomic mass is 15.1. The quantitative estimate of drug-likeness (QED) is 0.193. The van der Waals surface area contributed by atoms with Gasteiger partial charge in [0.05, 0.1) is 34.0 Å². The number of hydrogen-bond donors (Lipinski definition) is 0. The Morgan fingerprint density at radius 2 is 1.26 bits per heavy atom. The van der Waals surface area contributed by atoms with E-state index in [9.17, 15) is 0 Å². The summed E-state index contributed by atoms with van der Waals surface area (Å²) in [7, 11) is 0. The lowest BCUT2D eigenvalue weighted by atomic mass is 9.84. The summed E-state index contributed by atoms with van der Waals surface area (Å²) in [6.45, 7) is 0. The molecule has 0 N–H and O–H groups in total. The van der Waals surface area contributed by atoms with Gasteiger partial charge in [0.2, 0.25) is 0 Å². The highest BCUT2D eigenvalue weighted by Crippen LogP contribution is 2.45. The maximum Gasteiger partial charge on any atom is 0.128 e. The van der Waals surface area contributed by atoms with Gasteiger partial charge in [0.15, 0.2) is 0 Å². The van der Waals surface area contributed by atoms with E-state index in [1.165, 1.54) is 66.0 Å². The molecule has 3 heterocycles. The number of nitrogens with zero attached hydrogens (tertiary/aromatic N) is 3. The standard InChI is InChI=1S/C43H29N3/c1-2-10-30-25-31(22-21-27(30)9-1)28-17-19-29(20-18-28)32-23-24-34-33-11-5-8-16-39(33)46(40(34)26-32)43-41-35-12-3-6-14-37(35)44-42(41)36-13-4-7-15-38(36)45-43/h1-3,5-12,14-26,41H,4,13H2. The Balaban J connectivity index is 1.14. The summed E-state index contributed by atoms with van der Waals surface area (Å²) in [6.07, 6.45) is 6.45. The number of benzene rings is 6. The molecule has 0 saturated carbocycles. The maximum absolute atomic E-state index is 5.45. The minimum Gasteiger partial charge on any atom is -0.296 e. The van der Waals surface area contributed by atoms with Crippen LogP contribution in [-0.2, 0) is 0 Å². The van der Waals surface area contributed by atoms with Gasteiger partial charge >= 0.3 is 0 Å². The van der Waals surface area contributed by atoms with Crippen LogP contribution in [0.4, 0.5) is 5.69 Å². The first-order valence-corrected chi connectivity index (χ1v) is 16.1. The molecule has 2 aliphatic heterocycles. The SMILES string of the molecule is C1=CC2=C(CC1)C1=Nc3ccccc3C1C(n1c3ccccc3c3ccc(-c4ccc(-c5ccc6ccccc6c5)cc4)cc31)=N2. The van der Waals surface area contributed by atoms with E-state index in [0.717, 1.165) is 35.8 Å². The van der Waals surface area contributed by atoms with Crippen LogP contribution in [0.3, 0.4) is 0 Å². The molecule has 6 aromatic carbocycles. The first-order chi connectivity index (χ1) is 22.8. The second-order valence-electron chi connectivity index (χ2n) is 12.5. The lowest BCUT2D eigenvalue weighted by Crippen LogP contribution is -2.31. The van der Waals surface area contributed by atoms with Gasteiger partial charge in [-0.15, -0.1) is 0 Å². The molecular weight excluding hydrogens is 558 g/mol.